The Hall–Kier alpha value is -2.64. The van der Waals surface area contributed by atoms with Crippen LogP contribution >= 0.6 is 23.2 Å². The molecule has 130 valence electrons. The van der Waals surface area contributed by atoms with E-state index in [-0.39, 0.29) is 22.0 Å². The monoisotopic (exact) mass is 382 g/mol. The summed E-state index contributed by atoms with van der Waals surface area (Å²) in [6.07, 6.45) is 0. The van der Waals surface area contributed by atoms with Crippen LogP contribution in [0.4, 0.5) is 11.4 Å². The minimum atomic E-state index is -1.52. The minimum Gasteiger partial charge on any atom is -0.497 e. The molecular weight excluding hydrogens is 371 g/mol. The predicted octanol–water partition coefficient (Wildman–Crippen LogP) is 3.69. The van der Waals surface area contributed by atoms with Crippen molar-refractivity contribution in [3.05, 3.63) is 63.2 Å². The first-order valence-electron chi connectivity index (χ1n) is 6.90. The van der Waals surface area contributed by atoms with Crippen LogP contribution in [0.5, 0.6) is 5.75 Å². The number of amides is 1. The van der Waals surface area contributed by atoms with E-state index in [4.69, 9.17) is 27.9 Å². The van der Waals surface area contributed by atoms with E-state index < -0.39 is 22.0 Å². The lowest BCUT2D eigenvalue weighted by molar-refractivity contribution is -0.384. The number of alkyl halides is 1. The van der Waals surface area contributed by atoms with Gasteiger partial charge in [0, 0.05) is 17.7 Å². The molecule has 0 aromatic heterocycles. The molecule has 2 aromatic rings. The summed E-state index contributed by atoms with van der Waals surface area (Å²) in [5.41, 5.74) is -0.0394. The Morgan fingerprint density at radius 2 is 1.84 bits per heavy atom. The number of benzene rings is 2. The molecule has 1 N–H and O–H groups in total. The normalized spacial score (nSPS) is 11.5. The van der Waals surface area contributed by atoms with Gasteiger partial charge >= 0.3 is 0 Å². The average Bonchev–Trinajstić information content (AvgIpc) is 2.62. The number of ether oxygens (including phenoxy) is 1. The molecule has 0 heterocycles. The van der Waals surface area contributed by atoms with Crippen LogP contribution in [0.15, 0.2) is 42.5 Å². The van der Waals surface area contributed by atoms with E-state index in [1.54, 1.807) is 12.1 Å². The third kappa shape index (κ3) is 4.46. The van der Waals surface area contributed by atoms with Crippen LogP contribution in [0.25, 0.3) is 0 Å². The third-order valence-electron chi connectivity index (χ3n) is 3.25. The molecule has 0 spiro atoms. The van der Waals surface area contributed by atoms with E-state index in [1.807, 2.05) is 0 Å². The number of nitro groups is 1. The molecule has 7 nitrogen and oxygen atoms in total. The highest BCUT2D eigenvalue weighted by atomic mass is 35.5. The Bertz CT molecular complexity index is 824. The molecule has 9 heteroatoms. The van der Waals surface area contributed by atoms with E-state index in [2.05, 4.69) is 5.32 Å². The fraction of sp³-hybridized carbons (Fsp3) is 0.125. The Balaban J connectivity index is 2.15. The number of hydrogen-bond donors (Lipinski definition) is 1. The second-order valence-electron chi connectivity index (χ2n) is 4.87. The molecule has 1 unspecified atom stereocenters. The fourth-order valence-corrected chi connectivity index (χ4v) is 2.28. The fourth-order valence-electron chi connectivity index (χ4n) is 1.94. The average molecular weight is 383 g/mol. The first kappa shape index (κ1) is 18.7. The number of carbonyl (C=O) groups excluding carboxylic acids is 2. The van der Waals surface area contributed by atoms with Crippen molar-refractivity contribution in [3.8, 4) is 5.75 Å². The second-order valence-corrected chi connectivity index (χ2v) is 5.71. The van der Waals surface area contributed by atoms with Crippen molar-refractivity contribution in [2.75, 3.05) is 12.4 Å². The summed E-state index contributed by atoms with van der Waals surface area (Å²) in [5, 5.41) is 11.7. The smallest absolute Gasteiger partial charge is 0.271 e. The van der Waals surface area contributed by atoms with Crippen LogP contribution in [0.3, 0.4) is 0 Å². The number of rotatable bonds is 6. The summed E-state index contributed by atoms with van der Waals surface area (Å²) in [4.78, 5) is 34.6. The zero-order valence-electron chi connectivity index (χ0n) is 12.9. The van der Waals surface area contributed by atoms with E-state index in [0.29, 0.717) is 5.75 Å². The molecule has 1 atom stereocenters. The molecule has 0 aliphatic rings. The zero-order valence-corrected chi connectivity index (χ0v) is 14.4. The number of ketones is 1. The first-order valence-corrected chi connectivity index (χ1v) is 7.72. The van der Waals surface area contributed by atoms with Gasteiger partial charge in [0.15, 0.2) is 11.2 Å². The number of hydrogen-bond acceptors (Lipinski definition) is 5. The number of anilines is 1. The van der Waals surface area contributed by atoms with E-state index >= 15 is 0 Å². The van der Waals surface area contributed by atoms with Gasteiger partial charge in [0.25, 0.3) is 11.6 Å². The number of nitrogens with one attached hydrogen (secondary N) is 1. The maximum atomic E-state index is 12.3. The van der Waals surface area contributed by atoms with Crippen molar-refractivity contribution in [2.24, 2.45) is 0 Å². The summed E-state index contributed by atoms with van der Waals surface area (Å²) < 4.78 is 4.99. The lowest BCUT2D eigenvalue weighted by atomic mass is 10.1. The predicted molar refractivity (Wildman–Crippen MR) is 93.7 cm³/mol. The maximum absolute atomic E-state index is 12.3. The van der Waals surface area contributed by atoms with Gasteiger partial charge in [-0.1, -0.05) is 11.6 Å². The van der Waals surface area contributed by atoms with Crippen LogP contribution in [-0.4, -0.2) is 29.1 Å². The summed E-state index contributed by atoms with van der Waals surface area (Å²) in [7, 11) is 1.48. The molecular formula is C16H12Cl2N2O5. The molecule has 0 saturated carbocycles. The quantitative estimate of drug-likeness (QED) is 0.270. The molecule has 0 saturated heterocycles. The first-order chi connectivity index (χ1) is 11.8. The van der Waals surface area contributed by atoms with Gasteiger partial charge in [-0.25, -0.2) is 0 Å². The second kappa shape index (κ2) is 7.96. The molecule has 0 radical (unpaired) electrons. The lowest BCUT2D eigenvalue weighted by Gasteiger charge is -2.11. The van der Waals surface area contributed by atoms with Crippen LogP contribution in [0.1, 0.15) is 10.4 Å². The van der Waals surface area contributed by atoms with Crippen molar-refractivity contribution < 1.29 is 19.2 Å². The van der Waals surface area contributed by atoms with Crippen LogP contribution in [0.2, 0.25) is 5.02 Å². The number of Topliss-reactive ketones (excluding diaryl/α,β-unsaturated/α-hetero) is 1. The number of halogens is 2. The van der Waals surface area contributed by atoms with Gasteiger partial charge in [0.1, 0.15) is 5.75 Å². The topological polar surface area (TPSA) is 98.5 Å². The largest absolute Gasteiger partial charge is 0.497 e. The van der Waals surface area contributed by atoms with E-state index in [1.165, 1.54) is 31.4 Å². The van der Waals surface area contributed by atoms with Crippen molar-refractivity contribution in [1.29, 1.82) is 0 Å². The van der Waals surface area contributed by atoms with Gasteiger partial charge in [-0.15, -0.1) is 11.6 Å². The van der Waals surface area contributed by atoms with Crippen LogP contribution in [-0.2, 0) is 4.79 Å². The standard InChI is InChI=1S/C16H12Cl2N2O5/c1-25-11-5-2-9(3-6-11)15(21)14(18)16(22)19-13-8-10(20(23)24)4-7-12(13)17/h2-8,14H,1H3,(H,19,22). The van der Waals surface area contributed by atoms with Gasteiger partial charge in [-0.3, -0.25) is 19.7 Å². The van der Waals surface area contributed by atoms with E-state index in [0.717, 1.165) is 6.07 Å². The maximum Gasteiger partial charge on any atom is 0.271 e. The van der Waals surface area contributed by atoms with Crippen molar-refractivity contribution in [2.45, 2.75) is 5.38 Å². The summed E-state index contributed by atoms with van der Waals surface area (Å²) in [6, 6.07) is 9.62. The molecule has 0 aliphatic carbocycles. The minimum absolute atomic E-state index is 0.00551. The molecule has 2 rings (SSSR count). The summed E-state index contributed by atoms with van der Waals surface area (Å²) >= 11 is 11.8. The third-order valence-corrected chi connectivity index (χ3v) is 3.98. The number of nitrogens with zero attached hydrogens (tertiary/aromatic N) is 1. The Labute approximate surface area is 152 Å². The van der Waals surface area contributed by atoms with E-state index in [9.17, 15) is 19.7 Å². The Morgan fingerprint density at radius 1 is 1.20 bits per heavy atom. The number of carbonyl (C=O) groups is 2. The SMILES string of the molecule is COc1ccc(C(=O)C(Cl)C(=O)Nc2cc([N+](=O)[O-])ccc2Cl)cc1. The molecule has 2 aromatic carbocycles. The van der Waals surface area contributed by atoms with Gasteiger partial charge in [0.05, 0.1) is 22.7 Å². The number of methoxy groups -OCH3 is 1. The van der Waals surface area contributed by atoms with Crippen molar-refractivity contribution in [3.63, 3.8) is 0 Å². The van der Waals surface area contributed by atoms with Crippen molar-refractivity contribution >= 4 is 46.3 Å². The summed E-state index contributed by atoms with van der Waals surface area (Å²) in [5.74, 6) is -0.913. The number of non-ortho nitro benzene ring substituents is 1. The molecule has 1 amide bonds. The van der Waals surface area contributed by atoms with Gasteiger partial charge < -0.3 is 10.1 Å². The molecule has 0 aliphatic heterocycles. The highest BCUT2D eigenvalue weighted by Gasteiger charge is 2.26. The van der Waals surface area contributed by atoms with Gasteiger partial charge in [0.2, 0.25) is 0 Å². The highest BCUT2D eigenvalue weighted by molar-refractivity contribution is 6.45. The number of nitro benzene ring substituents is 1. The van der Waals surface area contributed by atoms with Crippen molar-refractivity contribution in [1.82, 2.24) is 0 Å². The summed E-state index contributed by atoms with van der Waals surface area (Å²) in [6.45, 7) is 0. The lowest BCUT2D eigenvalue weighted by Crippen LogP contribution is -2.30. The molecule has 25 heavy (non-hydrogen) atoms. The molecule has 0 bridgehead atoms. The van der Waals surface area contributed by atoms with Gasteiger partial charge in [-0.2, -0.15) is 0 Å². The van der Waals surface area contributed by atoms with Gasteiger partial charge in [-0.05, 0) is 30.3 Å². The van der Waals surface area contributed by atoms with Crippen LogP contribution < -0.4 is 10.1 Å². The highest BCUT2D eigenvalue weighted by Crippen LogP contribution is 2.27. The Morgan fingerprint density at radius 3 is 2.40 bits per heavy atom. The Kier molecular flexibility index (Phi) is 5.95. The molecule has 0 fully saturated rings. The zero-order chi connectivity index (χ0) is 18.6. The van der Waals surface area contributed by atoms with Crippen LogP contribution in [0, 0.1) is 10.1 Å².